The quantitative estimate of drug-likeness (QED) is 0.563. The molecule has 0 atom stereocenters. The van der Waals surface area contributed by atoms with Gasteiger partial charge in [0.25, 0.3) is 0 Å². The molecule has 0 N–H and O–H groups in total. The molecule has 0 spiro atoms. The van der Waals surface area contributed by atoms with Gasteiger partial charge >= 0.3 is 0 Å². The molecule has 1 aromatic carbocycles. The molecule has 2 aliphatic rings. The highest BCUT2D eigenvalue weighted by Crippen LogP contribution is 2.50. The third-order valence-electron chi connectivity index (χ3n) is 3.21. The highest BCUT2D eigenvalue weighted by molar-refractivity contribution is 7.99. The Kier molecular flexibility index (Phi) is 1.98. The molecule has 1 fully saturated rings. The van der Waals surface area contributed by atoms with E-state index in [4.69, 9.17) is 0 Å². The van der Waals surface area contributed by atoms with E-state index in [2.05, 4.69) is 23.2 Å². The van der Waals surface area contributed by atoms with Crippen molar-refractivity contribution in [2.24, 2.45) is 4.99 Å². The van der Waals surface area contributed by atoms with Crippen LogP contribution in [0.25, 0.3) is 0 Å². The van der Waals surface area contributed by atoms with Crippen molar-refractivity contribution < 1.29 is 4.79 Å². The van der Waals surface area contributed by atoms with Gasteiger partial charge in [-0.3, -0.25) is 0 Å². The van der Waals surface area contributed by atoms with Gasteiger partial charge in [0, 0.05) is 10.6 Å². The Morgan fingerprint density at radius 3 is 3.00 bits per heavy atom. The summed E-state index contributed by atoms with van der Waals surface area (Å²) in [4.78, 5) is 15.7. The zero-order valence-electron chi connectivity index (χ0n) is 8.32. The van der Waals surface area contributed by atoms with Gasteiger partial charge in [0.15, 0.2) is 0 Å². The Hall–Kier alpha value is -1.05. The molecular formula is C12H11NOS. The van der Waals surface area contributed by atoms with Gasteiger partial charge in [0.05, 0.1) is 5.54 Å². The second-order valence-electron chi connectivity index (χ2n) is 4.16. The number of rotatable bonds is 2. The Balaban J connectivity index is 2.03. The van der Waals surface area contributed by atoms with Crippen molar-refractivity contribution in [1.82, 2.24) is 0 Å². The van der Waals surface area contributed by atoms with Crippen LogP contribution in [0.15, 0.2) is 28.1 Å². The third-order valence-corrected chi connectivity index (χ3v) is 4.33. The van der Waals surface area contributed by atoms with Crippen LogP contribution in [0.4, 0.5) is 0 Å². The molecule has 76 valence electrons. The summed E-state index contributed by atoms with van der Waals surface area (Å²) in [6, 6.07) is 6.51. The van der Waals surface area contributed by atoms with Crippen LogP contribution in [0.3, 0.4) is 0 Å². The van der Waals surface area contributed by atoms with Gasteiger partial charge in [-0.15, -0.1) is 11.8 Å². The van der Waals surface area contributed by atoms with Crippen LogP contribution in [-0.2, 0) is 16.8 Å². The number of thioether (sulfide) groups is 1. The lowest BCUT2D eigenvalue weighted by molar-refractivity contribution is 0.556. The summed E-state index contributed by atoms with van der Waals surface area (Å²) in [5.74, 6) is 1.18. The summed E-state index contributed by atoms with van der Waals surface area (Å²) in [7, 11) is 0. The number of benzene rings is 1. The largest absolute Gasteiger partial charge is 0.235 e. The normalized spacial score (nSPS) is 20.5. The van der Waals surface area contributed by atoms with Gasteiger partial charge in [-0.2, -0.15) is 4.99 Å². The molecule has 0 aromatic heterocycles. The van der Waals surface area contributed by atoms with Crippen molar-refractivity contribution in [3.05, 3.63) is 29.3 Å². The third kappa shape index (κ3) is 1.43. The summed E-state index contributed by atoms with van der Waals surface area (Å²) in [6.45, 7) is 0. The van der Waals surface area contributed by atoms with E-state index in [1.807, 2.05) is 11.8 Å². The molecule has 0 bridgehead atoms. The van der Waals surface area contributed by atoms with Crippen molar-refractivity contribution >= 4 is 17.8 Å². The molecule has 0 amide bonds. The highest BCUT2D eigenvalue weighted by Gasteiger charge is 2.45. The van der Waals surface area contributed by atoms with E-state index in [-0.39, 0.29) is 5.54 Å². The van der Waals surface area contributed by atoms with Gasteiger partial charge in [-0.05, 0) is 36.5 Å². The van der Waals surface area contributed by atoms with Crippen LogP contribution in [0.5, 0.6) is 0 Å². The summed E-state index contributed by atoms with van der Waals surface area (Å²) >= 11 is 1.91. The van der Waals surface area contributed by atoms with Gasteiger partial charge in [-0.25, -0.2) is 4.79 Å². The fourth-order valence-electron chi connectivity index (χ4n) is 2.15. The standard InChI is InChI=1S/C12H11NOS/c14-8-13-12(4-5-12)10-1-2-11-9(7-10)3-6-15-11/h1-2,7H,3-6H2. The van der Waals surface area contributed by atoms with E-state index in [9.17, 15) is 4.79 Å². The monoisotopic (exact) mass is 217 g/mol. The minimum absolute atomic E-state index is 0.204. The van der Waals surface area contributed by atoms with Crippen molar-refractivity contribution in [3.63, 3.8) is 0 Å². The molecule has 2 nitrogen and oxygen atoms in total. The Bertz CT molecular complexity index is 459. The molecule has 1 saturated carbocycles. The minimum atomic E-state index is -0.204. The lowest BCUT2D eigenvalue weighted by atomic mass is 10.0. The average Bonchev–Trinajstić information content (AvgIpc) is 2.89. The molecule has 3 heteroatoms. The van der Waals surface area contributed by atoms with Crippen molar-refractivity contribution in [1.29, 1.82) is 0 Å². The maximum atomic E-state index is 10.4. The fourth-order valence-corrected chi connectivity index (χ4v) is 3.20. The molecule has 0 radical (unpaired) electrons. The van der Waals surface area contributed by atoms with E-state index in [1.54, 1.807) is 6.08 Å². The zero-order valence-corrected chi connectivity index (χ0v) is 9.14. The topological polar surface area (TPSA) is 29.4 Å². The molecule has 1 aliphatic heterocycles. The maximum Gasteiger partial charge on any atom is 0.235 e. The first-order valence-electron chi connectivity index (χ1n) is 5.19. The van der Waals surface area contributed by atoms with Gasteiger partial charge in [-0.1, -0.05) is 12.1 Å². The van der Waals surface area contributed by atoms with Crippen LogP contribution < -0.4 is 0 Å². The molecule has 1 aliphatic carbocycles. The van der Waals surface area contributed by atoms with E-state index in [0.29, 0.717) is 0 Å². The predicted octanol–water partition coefficient (Wildman–Crippen LogP) is 2.66. The number of carbonyl (C=O) groups excluding carboxylic acids is 1. The van der Waals surface area contributed by atoms with E-state index >= 15 is 0 Å². The van der Waals surface area contributed by atoms with Crippen molar-refractivity contribution in [3.8, 4) is 0 Å². The lowest BCUT2D eigenvalue weighted by Crippen LogP contribution is -2.02. The number of nitrogens with zero attached hydrogens (tertiary/aromatic N) is 1. The highest BCUT2D eigenvalue weighted by atomic mass is 32.2. The first-order valence-corrected chi connectivity index (χ1v) is 6.18. The maximum absolute atomic E-state index is 10.4. The van der Waals surface area contributed by atoms with E-state index < -0.39 is 0 Å². The van der Waals surface area contributed by atoms with E-state index in [1.165, 1.54) is 21.8 Å². The van der Waals surface area contributed by atoms with E-state index in [0.717, 1.165) is 19.3 Å². The lowest BCUT2D eigenvalue weighted by Gasteiger charge is -2.09. The number of hydrogen-bond acceptors (Lipinski definition) is 3. The molecule has 3 rings (SSSR count). The second kappa shape index (κ2) is 3.22. The smallest absolute Gasteiger partial charge is 0.211 e. The van der Waals surface area contributed by atoms with Crippen molar-refractivity contribution in [2.45, 2.75) is 29.7 Å². The van der Waals surface area contributed by atoms with Crippen LogP contribution in [0.1, 0.15) is 24.0 Å². The number of isocyanates is 1. The summed E-state index contributed by atoms with van der Waals surface area (Å²) in [5, 5.41) is 0. The molecule has 15 heavy (non-hydrogen) atoms. The minimum Gasteiger partial charge on any atom is -0.211 e. The summed E-state index contributed by atoms with van der Waals surface area (Å²) in [5.41, 5.74) is 2.42. The fraction of sp³-hybridized carbons (Fsp3) is 0.417. The van der Waals surface area contributed by atoms with Gasteiger partial charge in [0.1, 0.15) is 0 Å². The Morgan fingerprint density at radius 2 is 2.27 bits per heavy atom. The zero-order chi connectivity index (χ0) is 10.3. The number of aryl methyl sites for hydroxylation is 1. The molecule has 0 unspecified atom stereocenters. The number of hydrogen-bond donors (Lipinski definition) is 0. The summed E-state index contributed by atoms with van der Waals surface area (Å²) < 4.78 is 0. The second-order valence-corrected chi connectivity index (χ2v) is 5.29. The molecule has 1 aromatic rings. The average molecular weight is 217 g/mol. The summed E-state index contributed by atoms with van der Waals surface area (Å²) in [6.07, 6.45) is 4.84. The van der Waals surface area contributed by atoms with Crippen LogP contribution in [0, 0.1) is 0 Å². The Morgan fingerprint density at radius 1 is 1.40 bits per heavy atom. The molecular weight excluding hydrogens is 206 g/mol. The Labute approximate surface area is 92.8 Å². The van der Waals surface area contributed by atoms with Gasteiger partial charge in [0.2, 0.25) is 6.08 Å². The van der Waals surface area contributed by atoms with Crippen LogP contribution in [-0.4, -0.2) is 11.8 Å². The van der Waals surface area contributed by atoms with Crippen LogP contribution >= 0.6 is 11.8 Å². The number of fused-ring (bicyclic) bond motifs is 1. The first-order chi connectivity index (χ1) is 7.34. The van der Waals surface area contributed by atoms with Gasteiger partial charge < -0.3 is 0 Å². The molecule has 0 saturated heterocycles. The van der Waals surface area contributed by atoms with Crippen LogP contribution in [0.2, 0.25) is 0 Å². The van der Waals surface area contributed by atoms with Crippen molar-refractivity contribution in [2.75, 3.05) is 5.75 Å². The molecule has 1 heterocycles. The SMILES string of the molecule is O=C=NC1(c2ccc3c(c2)CCS3)CC1. The number of aliphatic imine (C=N–C) groups is 1. The predicted molar refractivity (Wildman–Crippen MR) is 59.9 cm³/mol. The first kappa shape index (κ1) is 9.20.